The predicted molar refractivity (Wildman–Crippen MR) is 74.0 cm³/mol. The van der Waals surface area contributed by atoms with E-state index in [2.05, 4.69) is 34.6 Å². The SMILES string of the molecule is Cc1nc(CNC(=O)NCC(C)(O)CCC(C)C)no1. The van der Waals surface area contributed by atoms with Crippen molar-refractivity contribution < 1.29 is 14.4 Å². The Morgan fingerprint density at radius 2 is 2.15 bits per heavy atom. The number of aryl methyl sites for hydroxylation is 1. The third-order valence-corrected chi connectivity index (χ3v) is 2.87. The molecule has 2 amide bonds. The number of carbonyl (C=O) groups is 1. The Kier molecular flexibility index (Phi) is 5.94. The second-order valence-corrected chi connectivity index (χ2v) is 5.70. The molecule has 1 unspecified atom stereocenters. The number of amides is 2. The summed E-state index contributed by atoms with van der Waals surface area (Å²) in [6.45, 7) is 8.00. The molecule has 7 heteroatoms. The van der Waals surface area contributed by atoms with E-state index in [1.54, 1.807) is 13.8 Å². The van der Waals surface area contributed by atoms with E-state index in [-0.39, 0.29) is 19.1 Å². The minimum atomic E-state index is -0.898. The van der Waals surface area contributed by atoms with Crippen LogP contribution in [0.2, 0.25) is 0 Å². The quantitative estimate of drug-likeness (QED) is 0.702. The lowest BCUT2D eigenvalue weighted by atomic mass is 9.95. The largest absolute Gasteiger partial charge is 0.388 e. The van der Waals surface area contributed by atoms with Gasteiger partial charge in [-0.1, -0.05) is 19.0 Å². The van der Waals surface area contributed by atoms with E-state index >= 15 is 0 Å². The zero-order chi connectivity index (χ0) is 15.2. The van der Waals surface area contributed by atoms with Crippen LogP contribution in [-0.2, 0) is 6.54 Å². The molecule has 1 atom stereocenters. The standard InChI is InChI=1S/C13H24N4O3/c1-9(2)5-6-13(4,19)8-15-12(18)14-7-11-16-10(3)20-17-11/h9,19H,5-8H2,1-4H3,(H2,14,15,18). The monoisotopic (exact) mass is 284 g/mol. The normalized spacial score (nSPS) is 14.1. The maximum Gasteiger partial charge on any atom is 0.315 e. The lowest BCUT2D eigenvalue weighted by molar-refractivity contribution is 0.0476. The van der Waals surface area contributed by atoms with Crippen LogP contribution in [-0.4, -0.2) is 33.4 Å². The third kappa shape index (κ3) is 6.51. The Bertz CT molecular complexity index is 429. The third-order valence-electron chi connectivity index (χ3n) is 2.87. The zero-order valence-electron chi connectivity index (χ0n) is 12.6. The average molecular weight is 284 g/mol. The Balaban J connectivity index is 2.25. The highest BCUT2D eigenvalue weighted by molar-refractivity contribution is 5.73. The Labute approximate surface area is 119 Å². The van der Waals surface area contributed by atoms with Gasteiger partial charge in [-0.2, -0.15) is 4.98 Å². The topological polar surface area (TPSA) is 100 Å². The highest BCUT2D eigenvalue weighted by Gasteiger charge is 2.21. The first-order valence-electron chi connectivity index (χ1n) is 6.82. The highest BCUT2D eigenvalue weighted by atomic mass is 16.5. The van der Waals surface area contributed by atoms with Crippen molar-refractivity contribution in [1.82, 2.24) is 20.8 Å². The van der Waals surface area contributed by atoms with Crippen LogP contribution < -0.4 is 10.6 Å². The van der Waals surface area contributed by atoms with E-state index in [9.17, 15) is 9.90 Å². The van der Waals surface area contributed by atoms with E-state index < -0.39 is 5.60 Å². The van der Waals surface area contributed by atoms with Gasteiger partial charge in [0.15, 0.2) is 5.82 Å². The molecule has 1 aromatic rings. The molecule has 0 saturated carbocycles. The minimum absolute atomic E-state index is 0.192. The van der Waals surface area contributed by atoms with Gasteiger partial charge >= 0.3 is 6.03 Å². The van der Waals surface area contributed by atoms with E-state index in [0.717, 1.165) is 6.42 Å². The molecule has 7 nitrogen and oxygen atoms in total. The highest BCUT2D eigenvalue weighted by Crippen LogP contribution is 2.15. The summed E-state index contributed by atoms with van der Waals surface area (Å²) in [4.78, 5) is 15.6. The molecule has 20 heavy (non-hydrogen) atoms. The molecule has 1 rings (SSSR count). The number of urea groups is 1. The molecular weight excluding hydrogens is 260 g/mol. The van der Waals surface area contributed by atoms with Crippen LogP contribution in [0.25, 0.3) is 0 Å². The van der Waals surface area contributed by atoms with Crippen LogP contribution in [0.4, 0.5) is 4.79 Å². The van der Waals surface area contributed by atoms with Crippen LogP contribution in [0.3, 0.4) is 0 Å². The number of aliphatic hydroxyl groups is 1. The number of carbonyl (C=O) groups excluding carboxylic acids is 1. The smallest absolute Gasteiger partial charge is 0.315 e. The van der Waals surface area contributed by atoms with Crippen LogP contribution >= 0.6 is 0 Å². The summed E-state index contributed by atoms with van der Waals surface area (Å²) in [5.74, 6) is 1.40. The molecule has 0 radical (unpaired) electrons. The first-order valence-corrected chi connectivity index (χ1v) is 6.82. The van der Waals surface area contributed by atoms with Crippen molar-refractivity contribution in [2.45, 2.75) is 52.7 Å². The van der Waals surface area contributed by atoms with Crippen LogP contribution in [0.5, 0.6) is 0 Å². The fourth-order valence-corrected chi connectivity index (χ4v) is 1.59. The van der Waals surface area contributed by atoms with Gasteiger partial charge in [0.1, 0.15) is 0 Å². The molecule has 0 aliphatic rings. The van der Waals surface area contributed by atoms with Gasteiger partial charge in [-0.15, -0.1) is 0 Å². The molecule has 0 aliphatic heterocycles. The zero-order valence-corrected chi connectivity index (χ0v) is 12.6. The number of rotatable bonds is 7. The van der Waals surface area contributed by atoms with Crippen LogP contribution in [0, 0.1) is 12.8 Å². The van der Waals surface area contributed by atoms with Gasteiger partial charge in [-0.05, 0) is 25.7 Å². The van der Waals surface area contributed by atoms with Gasteiger partial charge in [-0.25, -0.2) is 4.79 Å². The Morgan fingerprint density at radius 3 is 2.70 bits per heavy atom. The van der Waals surface area contributed by atoms with E-state index in [0.29, 0.717) is 24.1 Å². The van der Waals surface area contributed by atoms with Crippen molar-refractivity contribution in [3.8, 4) is 0 Å². The Morgan fingerprint density at radius 1 is 1.45 bits per heavy atom. The fourth-order valence-electron chi connectivity index (χ4n) is 1.59. The molecule has 1 heterocycles. The average Bonchev–Trinajstić information content (AvgIpc) is 2.78. The lowest BCUT2D eigenvalue weighted by Crippen LogP contribution is -2.44. The molecule has 0 saturated heterocycles. The molecule has 0 spiro atoms. The van der Waals surface area contributed by atoms with Crippen molar-refractivity contribution in [3.63, 3.8) is 0 Å². The van der Waals surface area contributed by atoms with Gasteiger partial charge in [0.25, 0.3) is 0 Å². The van der Waals surface area contributed by atoms with Gasteiger partial charge in [0.05, 0.1) is 12.1 Å². The summed E-state index contributed by atoms with van der Waals surface area (Å²) < 4.78 is 4.79. The van der Waals surface area contributed by atoms with E-state index in [1.807, 2.05) is 0 Å². The van der Waals surface area contributed by atoms with Crippen molar-refractivity contribution in [2.75, 3.05) is 6.54 Å². The molecule has 0 aliphatic carbocycles. The number of nitrogens with one attached hydrogen (secondary N) is 2. The van der Waals surface area contributed by atoms with Gasteiger partial charge in [0.2, 0.25) is 5.89 Å². The fraction of sp³-hybridized carbons (Fsp3) is 0.769. The molecule has 3 N–H and O–H groups in total. The molecule has 114 valence electrons. The summed E-state index contributed by atoms with van der Waals surface area (Å²) in [5, 5.41) is 19.0. The molecule has 0 bridgehead atoms. The summed E-state index contributed by atoms with van der Waals surface area (Å²) >= 11 is 0. The van der Waals surface area contributed by atoms with E-state index in [1.165, 1.54) is 0 Å². The predicted octanol–water partition coefficient (Wildman–Crippen LogP) is 1.36. The molecule has 1 aromatic heterocycles. The number of hydrogen-bond acceptors (Lipinski definition) is 5. The summed E-state index contributed by atoms with van der Waals surface area (Å²) in [6.07, 6.45) is 1.56. The first kappa shape index (κ1) is 16.4. The summed E-state index contributed by atoms with van der Waals surface area (Å²) in [7, 11) is 0. The maximum atomic E-state index is 11.6. The van der Waals surface area contributed by atoms with E-state index in [4.69, 9.17) is 4.52 Å². The minimum Gasteiger partial charge on any atom is -0.388 e. The second-order valence-electron chi connectivity index (χ2n) is 5.70. The van der Waals surface area contributed by atoms with Gasteiger partial charge < -0.3 is 20.3 Å². The Hall–Kier alpha value is -1.63. The number of aromatic nitrogens is 2. The number of hydrogen-bond donors (Lipinski definition) is 3. The number of nitrogens with zero attached hydrogens (tertiary/aromatic N) is 2. The van der Waals surface area contributed by atoms with Crippen molar-refractivity contribution in [2.24, 2.45) is 5.92 Å². The second kappa shape index (κ2) is 7.23. The molecular formula is C13H24N4O3. The summed E-state index contributed by atoms with van der Waals surface area (Å²) in [6, 6.07) is -0.364. The van der Waals surface area contributed by atoms with Crippen molar-refractivity contribution in [3.05, 3.63) is 11.7 Å². The van der Waals surface area contributed by atoms with Gasteiger partial charge in [0, 0.05) is 13.5 Å². The maximum absolute atomic E-state index is 11.6. The summed E-state index contributed by atoms with van der Waals surface area (Å²) in [5.41, 5.74) is -0.898. The van der Waals surface area contributed by atoms with Crippen LogP contribution in [0.1, 0.15) is 45.3 Å². The lowest BCUT2D eigenvalue weighted by Gasteiger charge is -2.24. The first-order chi connectivity index (χ1) is 9.28. The molecule has 0 aromatic carbocycles. The van der Waals surface area contributed by atoms with Gasteiger partial charge in [-0.3, -0.25) is 0 Å². The van der Waals surface area contributed by atoms with Crippen LogP contribution in [0.15, 0.2) is 4.52 Å². The van der Waals surface area contributed by atoms with Crippen molar-refractivity contribution >= 4 is 6.03 Å². The molecule has 0 fully saturated rings. The van der Waals surface area contributed by atoms with Crippen molar-refractivity contribution in [1.29, 1.82) is 0 Å².